The average Bonchev–Trinajstić information content (AvgIpc) is 3.21. The van der Waals surface area contributed by atoms with E-state index in [1.54, 1.807) is 23.2 Å². The summed E-state index contributed by atoms with van der Waals surface area (Å²) in [6.45, 7) is 3.47. The number of benzene rings is 1. The molecule has 0 spiro atoms. The topological polar surface area (TPSA) is 85.2 Å². The number of likely N-dealkylation sites (N-methyl/N-ethyl adjacent to an activating group) is 1. The number of piperidine rings is 1. The van der Waals surface area contributed by atoms with Crippen LogP contribution >= 0.6 is 0 Å². The van der Waals surface area contributed by atoms with Gasteiger partial charge in [0.15, 0.2) is 0 Å². The molecule has 178 valence electrons. The van der Waals surface area contributed by atoms with Gasteiger partial charge in [-0.3, -0.25) is 9.78 Å². The van der Waals surface area contributed by atoms with Crippen molar-refractivity contribution >= 4 is 22.6 Å². The summed E-state index contributed by atoms with van der Waals surface area (Å²) in [7, 11) is 1.84. The first-order chi connectivity index (χ1) is 17.0. The van der Waals surface area contributed by atoms with Crippen molar-refractivity contribution in [1.29, 1.82) is 5.26 Å². The Balaban J connectivity index is 1.46. The minimum Gasteiger partial charge on any atom is -0.369 e. The molecule has 1 aliphatic carbocycles. The molecule has 2 unspecified atom stereocenters. The van der Waals surface area contributed by atoms with E-state index in [1.807, 2.05) is 19.2 Å². The molecule has 1 N–H and O–H groups in total. The van der Waals surface area contributed by atoms with Crippen molar-refractivity contribution in [2.45, 2.75) is 25.3 Å². The number of amides is 1. The fourth-order valence-electron chi connectivity index (χ4n) is 5.58. The first-order valence-corrected chi connectivity index (χ1v) is 12.2. The number of hydrogen-bond donors (Lipinski definition) is 1. The second kappa shape index (κ2) is 8.58. The minimum atomic E-state index is -0.496. The molecule has 7 nitrogen and oxygen atoms in total. The van der Waals surface area contributed by atoms with Crippen LogP contribution in [0.5, 0.6) is 0 Å². The number of pyridine rings is 2. The molecule has 2 aliphatic heterocycles. The SMILES string of the molecule is CN(C[C@@H]1CCCN1)C(=O)c1c(N2CC3CC3C2)cnc2ccc(-c3cc(F)cc(C#N)c3)nc12. The summed E-state index contributed by atoms with van der Waals surface area (Å²) in [5.74, 6) is 0.822. The summed E-state index contributed by atoms with van der Waals surface area (Å²) in [5, 5.41) is 12.7. The number of halogens is 1. The smallest absolute Gasteiger partial charge is 0.258 e. The summed E-state index contributed by atoms with van der Waals surface area (Å²) >= 11 is 0. The van der Waals surface area contributed by atoms with Crippen molar-refractivity contribution in [3.05, 3.63) is 53.5 Å². The number of nitriles is 1. The molecule has 1 saturated carbocycles. The Bertz CT molecular complexity index is 1350. The van der Waals surface area contributed by atoms with E-state index in [0.717, 1.165) is 38.2 Å². The lowest BCUT2D eigenvalue weighted by atomic mass is 10.0. The predicted molar refractivity (Wildman–Crippen MR) is 131 cm³/mol. The summed E-state index contributed by atoms with van der Waals surface area (Å²) in [5.41, 5.74) is 3.74. The molecule has 2 saturated heterocycles. The van der Waals surface area contributed by atoms with E-state index in [9.17, 15) is 14.4 Å². The zero-order valence-corrected chi connectivity index (χ0v) is 19.7. The van der Waals surface area contributed by atoms with Gasteiger partial charge in [-0.05, 0) is 68.0 Å². The lowest BCUT2D eigenvalue weighted by Crippen LogP contribution is -2.39. The van der Waals surface area contributed by atoms with E-state index in [-0.39, 0.29) is 11.5 Å². The van der Waals surface area contributed by atoms with Crippen LogP contribution in [0, 0.1) is 29.0 Å². The number of aromatic nitrogens is 2. The van der Waals surface area contributed by atoms with E-state index >= 15 is 0 Å². The standard InChI is InChI=1S/C27H27FN6O/c1-33(15-21-3-2-6-30-21)27(35)25-24(34-13-18-9-19(18)14-34)12-31-23-5-4-22(32-26(23)25)17-7-16(11-29)8-20(28)10-17/h4-5,7-8,10,12,18-19,21,30H,2-3,6,9,13-15H2,1H3/t18?,19?,21-/m0/s1. The van der Waals surface area contributed by atoms with Gasteiger partial charge >= 0.3 is 0 Å². The van der Waals surface area contributed by atoms with Gasteiger partial charge in [0.1, 0.15) is 11.3 Å². The van der Waals surface area contributed by atoms with Crippen molar-refractivity contribution in [3.63, 3.8) is 0 Å². The molecule has 1 aromatic carbocycles. The van der Waals surface area contributed by atoms with Crippen LogP contribution in [0.2, 0.25) is 0 Å². The average molecular weight is 471 g/mol. The fourth-order valence-corrected chi connectivity index (χ4v) is 5.58. The van der Waals surface area contributed by atoms with E-state index in [2.05, 4.69) is 15.2 Å². The maximum absolute atomic E-state index is 14.2. The molecule has 3 aromatic rings. The maximum Gasteiger partial charge on any atom is 0.258 e. The highest BCUT2D eigenvalue weighted by atomic mass is 19.1. The Kier molecular flexibility index (Phi) is 5.37. The Labute approximate surface area is 203 Å². The number of fused-ring (bicyclic) bond motifs is 2. The monoisotopic (exact) mass is 470 g/mol. The molecule has 0 bridgehead atoms. The Morgan fingerprint density at radius 3 is 2.86 bits per heavy atom. The number of rotatable bonds is 5. The first-order valence-electron chi connectivity index (χ1n) is 12.2. The molecule has 3 fully saturated rings. The number of nitrogens with zero attached hydrogens (tertiary/aromatic N) is 5. The summed E-state index contributed by atoms with van der Waals surface area (Å²) < 4.78 is 14.2. The molecular formula is C27H27FN6O. The highest BCUT2D eigenvalue weighted by Crippen LogP contribution is 2.47. The van der Waals surface area contributed by atoms with Crippen LogP contribution < -0.4 is 10.2 Å². The third-order valence-electron chi connectivity index (χ3n) is 7.55. The van der Waals surface area contributed by atoms with E-state index in [4.69, 9.17) is 4.98 Å². The molecule has 2 aromatic heterocycles. The van der Waals surface area contributed by atoms with Crippen molar-refractivity contribution in [1.82, 2.24) is 20.2 Å². The Morgan fingerprint density at radius 2 is 2.11 bits per heavy atom. The largest absolute Gasteiger partial charge is 0.369 e. The van der Waals surface area contributed by atoms with Gasteiger partial charge in [-0.2, -0.15) is 5.26 Å². The third kappa shape index (κ3) is 4.10. The second-order valence-electron chi connectivity index (χ2n) is 10.1. The molecular weight excluding hydrogens is 443 g/mol. The lowest BCUT2D eigenvalue weighted by molar-refractivity contribution is 0.0786. The maximum atomic E-state index is 14.2. The molecule has 1 amide bonds. The van der Waals surface area contributed by atoms with Crippen LogP contribution in [0.25, 0.3) is 22.3 Å². The van der Waals surface area contributed by atoms with Crippen LogP contribution in [0.3, 0.4) is 0 Å². The summed E-state index contributed by atoms with van der Waals surface area (Å²) in [6, 6.07) is 10.0. The zero-order chi connectivity index (χ0) is 24.1. The zero-order valence-electron chi connectivity index (χ0n) is 19.7. The molecule has 3 aliphatic rings. The van der Waals surface area contributed by atoms with Gasteiger partial charge in [-0.15, -0.1) is 0 Å². The number of hydrogen-bond acceptors (Lipinski definition) is 6. The summed E-state index contributed by atoms with van der Waals surface area (Å²) in [4.78, 5) is 27.4. The lowest BCUT2D eigenvalue weighted by Gasteiger charge is -2.27. The molecule has 35 heavy (non-hydrogen) atoms. The van der Waals surface area contributed by atoms with E-state index in [0.29, 0.717) is 52.3 Å². The second-order valence-corrected chi connectivity index (χ2v) is 10.1. The van der Waals surface area contributed by atoms with Gasteiger partial charge in [0, 0.05) is 38.3 Å². The van der Waals surface area contributed by atoms with Gasteiger partial charge in [-0.25, -0.2) is 9.37 Å². The van der Waals surface area contributed by atoms with Crippen LogP contribution in [-0.4, -0.2) is 60.0 Å². The fraction of sp³-hybridized carbons (Fsp3) is 0.407. The van der Waals surface area contributed by atoms with Gasteiger partial charge in [0.25, 0.3) is 5.91 Å². The number of anilines is 1. The number of carbonyl (C=O) groups excluding carboxylic acids is 1. The van der Waals surface area contributed by atoms with Crippen molar-refractivity contribution in [2.75, 3.05) is 38.1 Å². The first kappa shape index (κ1) is 21.9. The van der Waals surface area contributed by atoms with Gasteiger partial charge < -0.3 is 15.1 Å². The highest BCUT2D eigenvalue weighted by molar-refractivity contribution is 6.09. The molecule has 8 heteroatoms. The van der Waals surface area contributed by atoms with Crippen LogP contribution in [-0.2, 0) is 0 Å². The normalized spacial score (nSPS) is 22.8. The van der Waals surface area contributed by atoms with E-state index in [1.165, 1.54) is 18.6 Å². The third-order valence-corrected chi connectivity index (χ3v) is 7.55. The highest BCUT2D eigenvalue weighted by Gasteiger charge is 2.46. The van der Waals surface area contributed by atoms with Crippen molar-refractivity contribution in [3.8, 4) is 17.3 Å². The van der Waals surface area contributed by atoms with Gasteiger partial charge in [0.2, 0.25) is 0 Å². The molecule has 3 atom stereocenters. The number of carbonyl (C=O) groups is 1. The molecule has 6 rings (SSSR count). The molecule has 4 heterocycles. The Morgan fingerprint density at radius 1 is 1.29 bits per heavy atom. The Hall–Kier alpha value is -3.57. The quantitative estimate of drug-likeness (QED) is 0.614. The van der Waals surface area contributed by atoms with Crippen LogP contribution in [0.4, 0.5) is 10.1 Å². The predicted octanol–water partition coefficient (Wildman–Crippen LogP) is 3.59. The molecule has 0 radical (unpaired) electrons. The van der Waals surface area contributed by atoms with Crippen molar-refractivity contribution < 1.29 is 9.18 Å². The van der Waals surface area contributed by atoms with Gasteiger partial charge in [-0.1, -0.05) is 0 Å². The van der Waals surface area contributed by atoms with Gasteiger partial charge in [0.05, 0.1) is 40.3 Å². The van der Waals surface area contributed by atoms with Crippen molar-refractivity contribution in [2.24, 2.45) is 11.8 Å². The van der Waals surface area contributed by atoms with E-state index < -0.39 is 5.82 Å². The van der Waals surface area contributed by atoms with Crippen LogP contribution in [0.15, 0.2) is 36.5 Å². The minimum absolute atomic E-state index is 0.0803. The summed E-state index contributed by atoms with van der Waals surface area (Å²) in [6.07, 6.45) is 5.24. The number of nitrogens with one attached hydrogen (secondary N) is 1. The van der Waals surface area contributed by atoms with Crippen LogP contribution in [0.1, 0.15) is 35.2 Å².